The van der Waals surface area contributed by atoms with Gasteiger partial charge in [0.15, 0.2) is 0 Å². The second-order valence-electron chi connectivity index (χ2n) is 5.97. The normalized spacial score (nSPS) is 20.8. The van der Waals surface area contributed by atoms with Gasteiger partial charge in [0.25, 0.3) is 0 Å². The van der Waals surface area contributed by atoms with Crippen LogP contribution in [0.15, 0.2) is 24.3 Å². The highest BCUT2D eigenvalue weighted by Crippen LogP contribution is 2.23. The van der Waals surface area contributed by atoms with E-state index in [-0.39, 0.29) is 11.9 Å². The molecule has 20 heavy (non-hydrogen) atoms. The zero-order valence-electron chi connectivity index (χ0n) is 12.9. The summed E-state index contributed by atoms with van der Waals surface area (Å²) in [6.07, 6.45) is 2.48. The predicted octanol–water partition coefficient (Wildman–Crippen LogP) is 3.60. The quantitative estimate of drug-likeness (QED) is 0.885. The summed E-state index contributed by atoms with van der Waals surface area (Å²) in [6, 6.07) is 7.56. The minimum Gasteiger partial charge on any atom is -0.307 e. The van der Waals surface area contributed by atoms with E-state index in [9.17, 15) is 4.39 Å². The molecule has 0 saturated carbocycles. The van der Waals surface area contributed by atoms with Crippen LogP contribution in [0.25, 0.3) is 0 Å². The first-order valence-electron chi connectivity index (χ1n) is 7.84. The molecule has 0 radical (unpaired) electrons. The van der Waals surface area contributed by atoms with Crippen molar-refractivity contribution in [3.63, 3.8) is 0 Å². The molecule has 0 bridgehead atoms. The van der Waals surface area contributed by atoms with Crippen molar-refractivity contribution in [2.24, 2.45) is 5.92 Å². The van der Waals surface area contributed by atoms with Crippen LogP contribution in [0.1, 0.15) is 45.2 Å². The van der Waals surface area contributed by atoms with E-state index >= 15 is 0 Å². The standard InChI is InChI=1S/C17H27FN2/c1-4-20-11-9-15(10-12-20)13(2)19-14(3)16-7-5-6-8-17(16)18/h5-8,13-15,19H,4,9-12H2,1-3H3/t13?,14-/m1/s1. The molecule has 1 aliphatic rings. The maximum Gasteiger partial charge on any atom is 0.127 e. The summed E-state index contributed by atoms with van der Waals surface area (Å²) in [7, 11) is 0. The molecule has 0 amide bonds. The van der Waals surface area contributed by atoms with E-state index in [1.54, 1.807) is 6.07 Å². The van der Waals surface area contributed by atoms with E-state index in [0.717, 1.165) is 12.1 Å². The van der Waals surface area contributed by atoms with E-state index in [1.807, 2.05) is 12.1 Å². The molecule has 0 spiro atoms. The van der Waals surface area contributed by atoms with Crippen molar-refractivity contribution in [1.82, 2.24) is 10.2 Å². The molecular formula is C17H27FN2. The lowest BCUT2D eigenvalue weighted by Crippen LogP contribution is -2.42. The molecule has 3 heteroatoms. The minimum atomic E-state index is -0.111. The lowest BCUT2D eigenvalue weighted by atomic mass is 9.89. The number of piperidine rings is 1. The largest absolute Gasteiger partial charge is 0.307 e. The molecule has 2 nitrogen and oxygen atoms in total. The number of hydrogen-bond acceptors (Lipinski definition) is 2. The number of benzene rings is 1. The highest BCUT2D eigenvalue weighted by atomic mass is 19.1. The van der Waals surface area contributed by atoms with Crippen LogP contribution >= 0.6 is 0 Å². The molecule has 2 atom stereocenters. The van der Waals surface area contributed by atoms with Gasteiger partial charge < -0.3 is 10.2 Å². The highest BCUT2D eigenvalue weighted by Gasteiger charge is 2.24. The molecule has 1 saturated heterocycles. The Balaban J connectivity index is 1.88. The Morgan fingerprint density at radius 2 is 1.90 bits per heavy atom. The Kier molecular flexibility index (Phi) is 5.55. The van der Waals surface area contributed by atoms with Crippen LogP contribution in [0.5, 0.6) is 0 Å². The van der Waals surface area contributed by atoms with Crippen molar-refractivity contribution in [3.8, 4) is 0 Å². The van der Waals surface area contributed by atoms with Gasteiger partial charge in [0.1, 0.15) is 5.82 Å². The lowest BCUT2D eigenvalue weighted by molar-refractivity contribution is 0.165. The average Bonchev–Trinajstić information content (AvgIpc) is 2.47. The Labute approximate surface area is 122 Å². The van der Waals surface area contributed by atoms with Gasteiger partial charge >= 0.3 is 0 Å². The summed E-state index contributed by atoms with van der Waals surface area (Å²) in [5.41, 5.74) is 0.769. The van der Waals surface area contributed by atoms with Gasteiger partial charge in [-0.25, -0.2) is 4.39 Å². The summed E-state index contributed by atoms with van der Waals surface area (Å²) in [4.78, 5) is 2.50. The van der Waals surface area contributed by atoms with Gasteiger partial charge in [-0.2, -0.15) is 0 Å². The summed E-state index contributed by atoms with van der Waals surface area (Å²) >= 11 is 0. The Morgan fingerprint density at radius 3 is 2.50 bits per heavy atom. The Morgan fingerprint density at radius 1 is 1.25 bits per heavy atom. The van der Waals surface area contributed by atoms with Gasteiger partial charge in [0.2, 0.25) is 0 Å². The zero-order valence-corrected chi connectivity index (χ0v) is 12.9. The van der Waals surface area contributed by atoms with Crippen molar-refractivity contribution < 1.29 is 4.39 Å². The van der Waals surface area contributed by atoms with Crippen molar-refractivity contribution in [2.45, 2.75) is 45.7 Å². The predicted molar refractivity (Wildman–Crippen MR) is 82.3 cm³/mol. The first-order chi connectivity index (χ1) is 9.61. The topological polar surface area (TPSA) is 15.3 Å². The fourth-order valence-electron chi connectivity index (χ4n) is 3.22. The molecule has 2 rings (SSSR count). The van der Waals surface area contributed by atoms with E-state index < -0.39 is 0 Å². The fourth-order valence-corrected chi connectivity index (χ4v) is 3.22. The zero-order chi connectivity index (χ0) is 14.5. The van der Waals surface area contributed by atoms with E-state index in [4.69, 9.17) is 0 Å². The number of hydrogen-bond donors (Lipinski definition) is 1. The van der Waals surface area contributed by atoms with Crippen LogP contribution < -0.4 is 5.32 Å². The van der Waals surface area contributed by atoms with Crippen molar-refractivity contribution in [3.05, 3.63) is 35.6 Å². The number of rotatable bonds is 5. The van der Waals surface area contributed by atoms with Gasteiger partial charge in [-0.1, -0.05) is 25.1 Å². The molecule has 1 fully saturated rings. The summed E-state index contributed by atoms with van der Waals surface area (Å²) in [5.74, 6) is 0.590. The SMILES string of the molecule is CCN1CCC(C(C)N[C@H](C)c2ccccc2F)CC1. The molecule has 112 valence electrons. The van der Waals surface area contributed by atoms with Crippen LogP contribution in [-0.2, 0) is 0 Å². The highest BCUT2D eigenvalue weighted by molar-refractivity contribution is 5.20. The van der Waals surface area contributed by atoms with Gasteiger partial charge in [-0.3, -0.25) is 0 Å². The molecule has 1 aromatic carbocycles. The number of halogens is 1. The van der Waals surface area contributed by atoms with Crippen LogP contribution in [0.2, 0.25) is 0 Å². The Bertz CT molecular complexity index is 413. The molecule has 0 aromatic heterocycles. The third kappa shape index (κ3) is 3.80. The van der Waals surface area contributed by atoms with Crippen LogP contribution in [0, 0.1) is 11.7 Å². The average molecular weight is 278 g/mol. The van der Waals surface area contributed by atoms with E-state index in [1.165, 1.54) is 32.0 Å². The minimum absolute atomic E-state index is 0.0652. The van der Waals surface area contributed by atoms with E-state index in [2.05, 4.69) is 31.0 Å². The summed E-state index contributed by atoms with van der Waals surface area (Å²) in [5, 5.41) is 3.58. The summed E-state index contributed by atoms with van der Waals surface area (Å²) < 4.78 is 13.8. The molecule has 1 unspecified atom stereocenters. The van der Waals surface area contributed by atoms with Crippen LogP contribution in [0.3, 0.4) is 0 Å². The van der Waals surface area contributed by atoms with Gasteiger partial charge in [0, 0.05) is 17.6 Å². The molecule has 1 N–H and O–H groups in total. The Hall–Kier alpha value is -0.930. The van der Waals surface area contributed by atoms with Crippen molar-refractivity contribution in [2.75, 3.05) is 19.6 Å². The monoisotopic (exact) mass is 278 g/mol. The molecule has 1 heterocycles. The van der Waals surface area contributed by atoms with Crippen LogP contribution in [-0.4, -0.2) is 30.6 Å². The van der Waals surface area contributed by atoms with Gasteiger partial charge in [-0.15, -0.1) is 0 Å². The molecule has 1 aromatic rings. The number of likely N-dealkylation sites (tertiary alicyclic amines) is 1. The molecule has 1 aliphatic heterocycles. The van der Waals surface area contributed by atoms with Crippen molar-refractivity contribution in [1.29, 1.82) is 0 Å². The molecule has 0 aliphatic carbocycles. The smallest absolute Gasteiger partial charge is 0.127 e. The number of nitrogens with one attached hydrogen (secondary N) is 1. The number of nitrogens with zero attached hydrogens (tertiary/aromatic N) is 1. The lowest BCUT2D eigenvalue weighted by Gasteiger charge is -2.35. The fraction of sp³-hybridized carbons (Fsp3) is 0.647. The second kappa shape index (κ2) is 7.19. The second-order valence-corrected chi connectivity index (χ2v) is 5.97. The van der Waals surface area contributed by atoms with Crippen LogP contribution in [0.4, 0.5) is 4.39 Å². The third-order valence-electron chi connectivity index (χ3n) is 4.67. The maximum absolute atomic E-state index is 13.8. The van der Waals surface area contributed by atoms with E-state index in [0.29, 0.717) is 12.0 Å². The summed E-state index contributed by atoms with van der Waals surface area (Å²) in [6.45, 7) is 10.1. The first-order valence-corrected chi connectivity index (χ1v) is 7.84. The van der Waals surface area contributed by atoms with Crippen molar-refractivity contribution >= 4 is 0 Å². The third-order valence-corrected chi connectivity index (χ3v) is 4.67. The molecular weight excluding hydrogens is 251 g/mol. The first kappa shape index (κ1) is 15.5. The maximum atomic E-state index is 13.8. The van der Waals surface area contributed by atoms with Gasteiger partial charge in [0.05, 0.1) is 0 Å². The van der Waals surface area contributed by atoms with Gasteiger partial charge in [-0.05, 0) is 58.3 Å².